The summed E-state index contributed by atoms with van der Waals surface area (Å²) in [6.07, 6.45) is 0. The van der Waals surface area contributed by atoms with E-state index in [9.17, 15) is 14.7 Å². The van der Waals surface area contributed by atoms with Crippen molar-refractivity contribution >= 4 is 22.8 Å². The maximum absolute atomic E-state index is 11.9. The van der Waals surface area contributed by atoms with Crippen LogP contribution in [0, 0.1) is 0 Å². The van der Waals surface area contributed by atoms with Crippen molar-refractivity contribution in [2.75, 3.05) is 14.1 Å². The number of pyridine rings is 1. The van der Waals surface area contributed by atoms with Gasteiger partial charge in [0, 0.05) is 30.6 Å². The lowest BCUT2D eigenvalue weighted by molar-refractivity contribution is 0.0698. The molecule has 0 aliphatic carbocycles. The number of carbonyl (C=O) groups is 2. The molecule has 1 amide bonds. The third kappa shape index (κ3) is 2.84. The Kier molecular flexibility index (Phi) is 4.00. The molecule has 0 saturated carbocycles. The van der Waals surface area contributed by atoms with Crippen LogP contribution < -0.4 is 0 Å². The maximum Gasteiger partial charge on any atom is 0.336 e. The summed E-state index contributed by atoms with van der Waals surface area (Å²) in [6.45, 7) is 0. The first-order chi connectivity index (χ1) is 11.5. The number of fused-ring (bicyclic) bond motifs is 1. The van der Waals surface area contributed by atoms with Crippen LogP contribution in [-0.2, 0) is 0 Å². The van der Waals surface area contributed by atoms with Crippen LogP contribution in [0.25, 0.3) is 22.2 Å². The number of para-hydroxylation sites is 1. The Labute approximate surface area is 139 Å². The largest absolute Gasteiger partial charge is 0.478 e. The molecule has 1 aromatic heterocycles. The Balaban J connectivity index is 2.09. The first kappa shape index (κ1) is 15.7. The van der Waals surface area contributed by atoms with Gasteiger partial charge in [-0.25, -0.2) is 9.78 Å². The van der Waals surface area contributed by atoms with E-state index in [4.69, 9.17) is 0 Å². The lowest BCUT2D eigenvalue weighted by Crippen LogP contribution is -2.21. The predicted octanol–water partition coefficient (Wildman–Crippen LogP) is 3.30. The van der Waals surface area contributed by atoms with Crippen LogP contribution in [0.3, 0.4) is 0 Å². The first-order valence-corrected chi connectivity index (χ1v) is 7.42. The van der Waals surface area contributed by atoms with Crippen LogP contribution in [0.5, 0.6) is 0 Å². The number of carboxylic acids is 1. The van der Waals surface area contributed by atoms with E-state index in [0.717, 1.165) is 5.56 Å². The van der Waals surface area contributed by atoms with Gasteiger partial charge in [0.1, 0.15) is 0 Å². The van der Waals surface area contributed by atoms with Crippen molar-refractivity contribution in [3.8, 4) is 11.3 Å². The van der Waals surface area contributed by atoms with Crippen molar-refractivity contribution < 1.29 is 14.7 Å². The molecule has 3 aromatic rings. The van der Waals surface area contributed by atoms with Crippen molar-refractivity contribution in [2.45, 2.75) is 0 Å². The summed E-state index contributed by atoms with van der Waals surface area (Å²) in [7, 11) is 3.39. The third-order valence-corrected chi connectivity index (χ3v) is 3.78. The highest BCUT2D eigenvalue weighted by molar-refractivity contribution is 6.03. The molecule has 1 heterocycles. The Hall–Kier alpha value is -3.21. The minimum Gasteiger partial charge on any atom is -0.478 e. The molecule has 5 nitrogen and oxygen atoms in total. The van der Waals surface area contributed by atoms with Gasteiger partial charge in [-0.3, -0.25) is 4.79 Å². The topological polar surface area (TPSA) is 70.5 Å². The maximum atomic E-state index is 11.9. The number of carbonyl (C=O) groups excluding carboxylic acids is 1. The van der Waals surface area contributed by atoms with Crippen molar-refractivity contribution in [1.82, 2.24) is 9.88 Å². The van der Waals surface area contributed by atoms with Crippen LogP contribution >= 0.6 is 0 Å². The SMILES string of the molecule is CN(C)C(=O)c1ccc(-c2cc(C(=O)O)c3ccccc3n2)cc1. The summed E-state index contributed by atoms with van der Waals surface area (Å²) in [6, 6.07) is 15.7. The number of aromatic nitrogens is 1. The summed E-state index contributed by atoms with van der Waals surface area (Å²) in [4.78, 5) is 29.5. The fraction of sp³-hybridized carbons (Fsp3) is 0.105. The number of aromatic carboxylic acids is 1. The average Bonchev–Trinajstić information content (AvgIpc) is 2.60. The van der Waals surface area contributed by atoms with Crippen LogP contribution in [0.1, 0.15) is 20.7 Å². The number of amides is 1. The third-order valence-electron chi connectivity index (χ3n) is 3.78. The van der Waals surface area contributed by atoms with Gasteiger partial charge in [0.15, 0.2) is 0 Å². The normalized spacial score (nSPS) is 10.6. The highest BCUT2D eigenvalue weighted by Crippen LogP contribution is 2.25. The number of rotatable bonds is 3. The lowest BCUT2D eigenvalue weighted by Gasteiger charge is -2.11. The standard InChI is InChI=1S/C19H16N2O3/c1-21(2)18(22)13-9-7-12(8-10-13)17-11-15(19(23)24)14-5-3-4-6-16(14)20-17/h3-11H,1-2H3,(H,23,24). The Morgan fingerprint density at radius 2 is 1.67 bits per heavy atom. The number of benzene rings is 2. The van der Waals surface area contributed by atoms with Gasteiger partial charge in [-0.1, -0.05) is 30.3 Å². The van der Waals surface area contributed by atoms with Crippen molar-refractivity contribution in [3.63, 3.8) is 0 Å². The molecular formula is C19H16N2O3. The number of nitrogens with zero attached hydrogens (tertiary/aromatic N) is 2. The van der Waals surface area contributed by atoms with Crippen LogP contribution in [0.2, 0.25) is 0 Å². The molecule has 0 unspecified atom stereocenters. The molecule has 0 bridgehead atoms. The van der Waals surface area contributed by atoms with Gasteiger partial charge in [0.05, 0.1) is 16.8 Å². The van der Waals surface area contributed by atoms with Crippen LogP contribution in [-0.4, -0.2) is 41.0 Å². The van der Waals surface area contributed by atoms with E-state index in [1.807, 2.05) is 6.07 Å². The summed E-state index contributed by atoms with van der Waals surface area (Å²) < 4.78 is 0. The zero-order chi connectivity index (χ0) is 17.3. The van der Waals surface area contributed by atoms with Gasteiger partial charge in [-0.05, 0) is 24.3 Å². The Morgan fingerprint density at radius 3 is 2.29 bits per heavy atom. The molecule has 1 N–H and O–H groups in total. The summed E-state index contributed by atoms with van der Waals surface area (Å²) in [5.41, 5.74) is 2.74. The minimum absolute atomic E-state index is 0.0840. The van der Waals surface area contributed by atoms with E-state index in [0.29, 0.717) is 22.2 Å². The van der Waals surface area contributed by atoms with Crippen LogP contribution in [0.15, 0.2) is 54.6 Å². The fourth-order valence-electron chi connectivity index (χ4n) is 2.54. The van der Waals surface area contributed by atoms with Crippen molar-refractivity contribution in [2.24, 2.45) is 0 Å². The number of carboxylic acid groups (broad SMARTS) is 1. The van der Waals surface area contributed by atoms with E-state index < -0.39 is 5.97 Å². The van der Waals surface area contributed by atoms with Crippen molar-refractivity contribution in [3.05, 3.63) is 65.7 Å². The lowest BCUT2D eigenvalue weighted by atomic mass is 10.0. The molecule has 2 aromatic carbocycles. The summed E-state index contributed by atoms with van der Waals surface area (Å²) in [5.74, 6) is -1.08. The highest BCUT2D eigenvalue weighted by Gasteiger charge is 2.13. The zero-order valence-corrected chi connectivity index (χ0v) is 13.4. The summed E-state index contributed by atoms with van der Waals surface area (Å²) in [5, 5.41) is 10.1. The van der Waals surface area contributed by atoms with Gasteiger partial charge in [-0.2, -0.15) is 0 Å². The smallest absolute Gasteiger partial charge is 0.336 e. The minimum atomic E-state index is -0.991. The van der Waals surface area contributed by atoms with E-state index in [-0.39, 0.29) is 11.5 Å². The van der Waals surface area contributed by atoms with Gasteiger partial charge in [0.25, 0.3) is 5.91 Å². The second-order valence-electron chi connectivity index (χ2n) is 5.65. The molecule has 0 atom stereocenters. The van der Waals surface area contributed by atoms with E-state index in [2.05, 4.69) is 4.98 Å². The van der Waals surface area contributed by atoms with Gasteiger partial charge < -0.3 is 10.0 Å². The molecule has 5 heteroatoms. The number of hydrogen-bond donors (Lipinski definition) is 1. The van der Waals surface area contributed by atoms with Crippen LogP contribution in [0.4, 0.5) is 0 Å². The van der Waals surface area contributed by atoms with E-state index >= 15 is 0 Å². The Bertz CT molecular complexity index is 931. The van der Waals surface area contributed by atoms with E-state index in [1.54, 1.807) is 62.6 Å². The highest BCUT2D eigenvalue weighted by atomic mass is 16.4. The van der Waals surface area contributed by atoms with Gasteiger partial charge in [-0.15, -0.1) is 0 Å². The monoisotopic (exact) mass is 320 g/mol. The quantitative estimate of drug-likeness (QED) is 0.804. The summed E-state index contributed by atoms with van der Waals surface area (Å²) >= 11 is 0. The molecule has 0 spiro atoms. The zero-order valence-electron chi connectivity index (χ0n) is 13.4. The second kappa shape index (κ2) is 6.12. The molecule has 0 fully saturated rings. The van der Waals surface area contributed by atoms with Gasteiger partial charge in [0.2, 0.25) is 0 Å². The number of hydrogen-bond acceptors (Lipinski definition) is 3. The molecule has 0 radical (unpaired) electrons. The Morgan fingerprint density at radius 1 is 1.00 bits per heavy atom. The first-order valence-electron chi connectivity index (χ1n) is 7.42. The molecular weight excluding hydrogens is 304 g/mol. The average molecular weight is 320 g/mol. The molecule has 0 saturated heterocycles. The fourth-order valence-corrected chi connectivity index (χ4v) is 2.54. The van der Waals surface area contributed by atoms with Crippen molar-refractivity contribution in [1.29, 1.82) is 0 Å². The molecule has 120 valence electrons. The molecule has 24 heavy (non-hydrogen) atoms. The predicted molar refractivity (Wildman–Crippen MR) is 92.2 cm³/mol. The van der Waals surface area contributed by atoms with E-state index in [1.165, 1.54) is 4.90 Å². The molecule has 3 rings (SSSR count). The molecule has 0 aliphatic rings. The van der Waals surface area contributed by atoms with Gasteiger partial charge >= 0.3 is 5.97 Å². The molecule has 0 aliphatic heterocycles. The second-order valence-corrected chi connectivity index (χ2v) is 5.65.